The van der Waals surface area contributed by atoms with Crippen LogP contribution < -0.4 is 10.6 Å². The van der Waals surface area contributed by atoms with Gasteiger partial charge in [0.15, 0.2) is 0 Å². The highest BCUT2D eigenvalue weighted by molar-refractivity contribution is 7.85. The highest BCUT2D eigenvalue weighted by atomic mass is 32.2. The second-order valence-electron chi connectivity index (χ2n) is 6.46. The number of aromatic nitrogens is 3. The lowest BCUT2D eigenvalue weighted by atomic mass is 10.1. The van der Waals surface area contributed by atoms with Crippen molar-refractivity contribution in [2.75, 3.05) is 17.2 Å². The number of nitrogen functional groups attached to an aromatic ring is 1. The predicted molar refractivity (Wildman–Crippen MR) is 103 cm³/mol. The van der Waals surface area contributed by atoms with Crippen molar-refractivity contribution >= 4 is 28.1 Å². The minimum absolute atomic E-state index is 0.292. The number of nitrogens with two attached hydrogens (primary N) is 1. The van der Waals surface area contributed by atoms with Crippen LogP contribution in [0, 0.1) is 13.8 Å². The summed E-state index contributed by atoms with van der Waals surface area (Å²) in [6.07, 6.45) is 2.52. The van der Waals surface area contributed by atoms with Gasteiger partial charge in [-0.2, -0.15) is 0 Å². The van der Waals surface area contributed by atoms with Crippen molar-refractivity contribution in [2.45, 2.75) is 36.6 Å². The van der Waals surface area contributed by atoms with E-state index < -0.39 is 10.8 Å². The number of nitrogens with zero attached hydrogens (tertiary/aromatic N) is 4. The lowest BCUT2D eigenvalue weighted by molar-refractivity contribution is 0.580. The summed E-state index contributed by atoms with van der Waals surface area (Å²) in [5.74, 6) is 0.292. The molecule has 0 fully saturated rings. The molecule has 2 N–H and O–H groups in total. The highest BCUT2D eigenvalue weighted by Crippen LogP contribution is 2.44. The Morgan fingerprint density at radius 1 is 1.08 bits per heavy atom. The first-order valence-corrected chi connectivity index (χ1v) is 9.74. The summed E-state index contributed by atoms with van der Waals surface area (Å²) < 4.78 is 14.8. The van der Waals surface area contributed by atoms with Gasteiger partial charge in [0.1, 0.15) is 6.33 Å². The Balaban J connectivity index is 1.70. The molecule has 2 heterocycles. The van der Waals surface area contributed by atoms with Crippen LogP contribution in [0.4, 0.5) is 17.3 Å². The molecular weight excluding hydrogens is 346 g/mol. The van der Waals surface area contributed by atoms with Gasteiger partial charge < -0.3 is 10.6 Å². The maximum Gasteiger partial charge on any atom is 0.239 e. The third-order valence-electron chi connectivity index (χ3n) is 4.81. The second kappa shape index (κ2) is 6.57. The van der Waals surface area contributed by atoms with E-state index in [9.17, 15) is 4.21 Å². The summed E-state index contributed by atoms with van der Waals surface area (Å²) in [5.41, 5.74) is 10.1. The Hall–Kier alpha value is -2.67. The van der Waals surface area contributed by atoms with Crippen LogP contribution in [-0.2, 0) is 17.3 Å². The van der Waals surface area contributed by atoms with E-state index >= 15 is 0 Å². The van der Waals surface area contributed by atoms with Gasteiger partial charge in [0, 0.05) is 13.1 Å². The molecule has 1 atom stereocenters. The molecule has 0 saturated heterocycles. The number of hydrogen-bond acceptors (Lipinski definition) is 5. The maximum atomic E-state index is 13.1. The minimum Gasteiger partial charge on any atom is -0.367 e. The summed E-state index contributed by atoms with van der Waals surface area (Å²) in [6.45, 7) is 5.72. The number of para-hydroxylation sites is 1. The summed E-state index contributed by atoms with van der Waals surface area (Å²) in [5, 5.41) is 4.14. The van der Waals surface area contributed by atoms with E-state index in [2.05, 4.69) is 34.9 Å². The van der Waals surface area contributed by atoms with E-state index in [-0.39, 0.29) is 0 Å². The lowest BCUT2D eigenvalue weighted by Gasteiger charge is -2.34. The molecule has 0 saturated carbocycles. The van der Waals surface area contributed by atoms with Crippen molar-refractivity contribution in [1.82, 2.24) is 14.8 Å². The largest absolute Gasteiger partial charge is 0.367 e. The zero-order valence-electron chi connectivity index (χ0n) is 14.8. The van der Waals surface area contributed by atoms with Crippen LogP contribution in [0.3, 0.4) is 0 Å². The van der Waals surface area contributed by atoms with Gasteiger partial charge in [0.05, 0.1) is 32.0 Å². The van der Waals surface area contributed by atoms with Crippen molar-refractivity contribution in [2.24, 2.45) is 0 Å². The van der Waals surface area contributed by atoms with E-state index in [1.54, 1.807) is 11.0 Å². The molecule has 2 aromatic carbocycles. The van der Waals surface area contributed by atoms with Crippen LogP contribution in [0.2, 0.25) is 0 Å². The Morgan fingerprint density at radius 2 is 1.88 bits per heavy atom. The Labute approximate surface area is 155 Å². The number of rotatable bonds is 4. The third kappa shape index (κ3) is 2.78. The monoisotopic (exact) mass is 367 g/mol. The van der Waals surface area contributed by atoms with Crippen LogP contribution in [0.15, 0.2) is 52.5 Å². The van der Waals surface area contributed by atoms with Crippen molar-refractivity contribution in [3.63, 3.8) is 0 Å². The highest BCUT2D eigenvalue weighted by Gasteiger charge is 2.29. The number of anilines is 3. The summed E-state index contributed by atoms with van der Waals surface area (Å²) in [4.78, 5) is 8.01. The first-order chi connectivity index (χ1) is 12.6. The standard InChI is InChI=1S/C19H21N5OS/c1-13-8-9-17-18(14(13)2)24(11-5-10-23-12-21-19(20)22-23)15-6-3-4-7-16(15)26(17)25/h3-4,6-9,12H,5,10-11H2,1-2H3,(H2,20,22). The van der Waals surface area contributed by atoms with E-state index in [0.717, 1.165) is 40.7 Å². The average molecular weight is 367 g/mol. The first-order valence-electron chi connectivity index (χ1n) is 8.59. The molecule has 6 nitrogen and oxygen atoms in total. The molecule has 134 valence electrons. The Morgan fingerprint density at radius 3 is 2.65 bits per heavy atom. The molecule has 4 rings (SSSR count). The smallest absolute Gasteiger partial charge is 0.239 e. The fraction of sp³-hybridized carbons (Fsp3) is 0.263. The van der Waals surface area contributed by atoms with E-state index in [0.29, 0.717) is 5.95 Å². The topological polar surface area (TPSA) is 77.0 Å². The van der Waals surface area contributed by atoms with Crippen molar-refractivity contribution in [3.8, 4) is 0 Å². The van der Waals surface area contributed by atoms with Crippen LogP contribution in [-0.4, -0.2) is 25.5 Å². The SMILES string of the molecule is Cc1ccc2c(c1C)N(CCCn1cnc(N)n1)c1ccccc1S2=O. The molecule has 0 spiro atoms. The fourth-order valence-corrected chi connectivity index (χ4v) is 4.81. The van der Waals surface area contributed by atoms with Crippen LogP contribution >= 0.6 is 0 Å². The van der Waals surface area contributed by atoms with Crippen LogP contribution in [0.5, 0.6) is 0 Å². The van der Waals surface area contributed by atoms with Gasteiger partial charge in [-0.05, 0) is 49.6 Å². The number of hydrogen-bond donors (Lipinski definition) is 1. The first kappa shape index (κ1) is 16.8. The summed E-state index contributed by atoms with van der Waals surface area (Å²) in [7, 11) is -1.15. The molecule has 1 aromatic heterocycles. The van der Waals surface area contributed by atoms with Gasteiger partial charge in [-0.3, -0.25) is 4.68 Å². The molecule has 0 bridgehead atoms. The molecular formula is C19H21N5OS. The predicted octanol–water partition coefficient (Wildman–Crippen LogP) is 3.19. The molecule has 0 amide bonds. The maximum absolute atomic E-state index is 13.1. The number of fused-ring (bicyclic) bond motifs is 2. The van der Waals surface area contributed by atoms with E-state index in [1.165, 1.54) is 11.1 Å². The second-order valence-corrected chi connectivity index (χ2v) is 7.88. The van der Waals surface area contributed by atoms with Gasteiger partial charge in [-0.1, -0.05) is 18.2 Å². The minimum atomic E-state index is -1.15. The molecule has 1 aliphatic heterocycles. The molecule has 1 unspecified atom stereocenters. The van der Waals surface area contributed by atoms with Gasteiger partial charge in [-0.25, -0.2) is 9.19 Å². The van der Waals surface area contributed by atoms with Gasteiger partial charge in [0.2, 0.25) is 5.95 Å². The average Bonchev–Trinajstić information content (AvgIpc) is 3.06. The summed E-state index contributed by atoms with van der Waals surface area (Å²) in [6, 6.07) is 12.0. The Bertz CT molecular complexity index is 997. The van der Waals surface area contributed by atoms with Gasteiger partial charge >= 0.3 is 0 Å². The molecule has 0 radical (unpaired) electrons. The van der Waals surface area contributed by atoms with Crippen molar-refractivity contribution in [3.05, 3.63) is 53.9 Å². The van der Waals surface area contributed by atoms with Crippen molar-refractivity contribution < 1.29 is 4.21 Å². The van der Waals surface area contributed by atoms with Crippen molar-refractivity contribution in [1.29, 1.82) is 0 Å². The quantitative estimate of drug-likeness (QED) is 0.766. The lowest BCUT2D eigenvalue weighted by Crippen LogP contribution is -2.27. The molecule has 1 aliphatic rings. The van der Waals surface area contributed by atoms with Gasteiger partial charge in [-0.15, -0.1) is 5.10 Å². The molecule has 7 heteroatoms. The number of benzene rings is 2. The van der Waals surface area contributed by atoms with Crippen LogP contribution in [0.1, 0.15) is 17.5 Å². The number of aryl methyl sites for hydroxylation is 2. The zero-order valence-corrected chi connectivity index (χ0v) is 15.7. The van der Waals surface area contributed by atoms with Gasteiger partial charge in [0.25, 0.3) is 0 Å². The van der Waals surface area contributed by atoms with Crippen LogP contribution in [0.25, 0.3) is 0 Å². The summed E-state index contributed by atoms with van der Waals surface area (Å²) >= 11 is 0. The molecule has 0 aliphatic carbocycles. The third-order valence-corrected chi connectivity index (χ3v) is 6.29. The normalized spacial score (nSPS) is 15.6. The molecule has 3 aromatic rings. The fourth-order valence-electron chi connectivity index (χ4n) is 3.38. The zero-order chi connectivity index (χ0) is 18.3. The van der Waals surface area contributed by atoms with E-state index in [1.807, 2.05) is 30.3 Å². The van der Waals surface area contributed by atoms with E-state index in [4.69, 9.17) is 5.73 Å². The molecule has 26 heavy (non-hydrogen) atoms. The Kier molecular flexibility index (Phi) is 4.24.